The summed E-state index contributed by atoms with van der Waals surface area (Å²) in [5.74, 6) is 1.16. The van der Waals surface area contributed by atoms with E-state index < -0.39 is 0 Å². The predicted molar refractivity (Wildman–Crippen MR) is 68.3 cm³/mol. The van der Waals surface area contributed by atoms with E-state index in [2.05, 4.69) is 20.3 Å². The molecule has 1 heterocycles. The summed E-state index contributed by atoms with van der Waals surface area (Å²) in [5.41, 5.74) is 6.53. The van der Waals surface area contributed by atoms with Crippen LogP contribution in [-0.4, -0.2) is 29.0 Å². The van der Waals surface area contributed by atoms with Crippen molar-refractivity contribution in [2.45, 2.75) is 0 Å². The van der Waals surface area contributed by atoms with Gasteiger partial charge in [-0.2, -0.15) is 15.0 Å². The smallest absolute Gasteiger partial charge is 0.233 e. The number of benzene rings is 1. The summed E-state index contributed by atoms with van der Waals surface area (Å²) in [6.07, 6.45) is 0. The predicted octanol–water partition coefficient (Wildman–Crippen LogP) is 1.26. The highest BCUT2D eigenvalue weighted by atomic mass is 15.3. The van der Waals surface area contributed by atoms with E-state index in [1.807, 2.05) is 44.4 Å². The molecule has 0 spiro atoms. The summed E-state index contributed by atoms with van der Waals surface area (Å²) >= 11 is 0. The number of anilines is 4. The Kier molecular flexibility index (Phi) is 3.04. The molecule has 0 aliphatic rings. The normalized spacial score (nSPS) is 10.0. The quantitative estimate of drug-likeness (QED) is 0.826. The molecule has 2 rings (SSSR count). The molecule has 0 aliphatic carbocycles. The third-order valence-electron chi connectivity index (χ3n) is 2.07. The van der Waals surface area contributed by atoms with E-state index in [-0.39, 0.29) is 5.95 Å². The van der Waals surface area contributed by atoms with E-state index in [4.69, 9.17) is 5.73 Å². The van der Waals surface area contributed by atoms with Crippen LogP contribution in [-0.2, 0) is 0 Å². The molecule has 3 N–H and O–H groups in total. The molecule has 1 aromatic carbocycles. The van der Waals surface area contributed by atoms with E-state index >= 15 is 0 Å². The number of hydrogen-bond acceptors (Lipinski definition) is 6. The lowest BCUT2D eigenvalue weighted by Gasteiger charge is -2.12. The highest BCUT2D eigenvalue weighted by molar-refractivity contribution is 5.54. The summed E-state index contributed by atoms with van der Waals surface area (Å²) in [6.45, 7) is 0. The highest BCUT2D eigenvalue weighted by Crippen LogP contribution is 2.14. The van der Waals surface area contributed by atoms with Crippen LogP contribution in [0.4, 0.5) is 23.5 Å². The number of nitrogens with zero attached hydrogens (tertiary/aromatic N) is 4. The topological polar surface area (TPSA) is 80.0 Å². The summed E-state index contributed by atoms with van der Waals surface area (Å²) in [4.78, 5) is 14.1. The molecule has 1 aromatic heterocycles. The molecule has 0 bridgehead atoms. The van der Waals surface area contributed by atoms with Crippen molar-refractivity contribution in [1.82, 2.24) is 15.0 Å². The summed E-state index contributed by atoms with van der Waals surface area (Å²) in [5, 5.41) is 3.07. The van der Waals surface area contributed by atoms with Crippen molar-refractivity contribution < 1.29 is 0 Å². The Bertz CT molecular complexity index is 497. The number of rotatable bonds is 3. The van der Waals surface area contributed by atoms with Crippen molar-refractivity contribution in [1.29, 1.82) is 0 Å². The van der Waals surface area contributed by atoms with Gasteiger partial charge in [-0.25, -0.2) is 0 Å². The summed E-state index contributed by atoms with van der Waals surface area (Å²) in [7, 11) is 3.70. The van der Waals surface area contributed by atoms with E-state index in [0.29, 0.717) is 11.9 Å². The average Bonchev–Trinajstić information content (AvgIpc) is 2.29. The van der Waals surface area contributed by atoms with Crippen molar-refractivity contribution in [3.63, 3.8) is 0 Å². The lowest BCUT2D eigenvalue weighted by atomic mass is 10.3. The maximum absolute atomic E-state index is 5.62. The standard InChI is InChI=1S/C11H14N6/c1-17(2)11-15-9(12)14-10(16-11)13-8-6-4-3-5-7-8/h3-7H,1-2H3,(H3,12,13,14,15,16). The molecule has 0 radical (unpaired) electrons. The minimum atomic E-state index is 0.196. The van der Waals surface area contributed by atoms with Gasteiger partial charge in [-0.05, 0) is 12.1 Å². The number of nitrogens with two attached hydrogens (primary N) is 1. The van der Waals surface area contributed by atoms with Crippen molar-refractivity contribution in [2.24, 2.45) is 0 Å². The van der Waals surface area contributed by atoms with E-state index in [1.165, 1.54) is 0 Å². The number of para-hydroxylation sites is 1. The van der Waals surface area contributed by atoms with Crippen molar-refractivity contribution in [2.75, 3.05) is 30.0 Å². The third-order valence-corrected chi connectivity index (χ3v) is 2.07. The van der Waals surface area contributed by atoms with Gasteiger partial charge in [0.1, 0.15) is 0 Å². The molecule has 0 amide bonds. The van der Waals surface area contributed by atoms with Crippen LogP contribution in [0.2, 0.25) is 0 Å². The van der Waals surface area contributed by atoms with Crippen LogP contribution in [0.5, 0.6) is 0 Å². The molecule has 0 saturated heterocycles. The van der Waals surface area contributed by atoms with Gasteiger partial charge < -0.3 is 16.0 Å². The maximum Gasteiger partial charge on any atom is 0.233 e. The van der Waals surface area contributed by atoms with Crippen LogP contribution < -0.4 is 16.0 Å². The molecule has 0 saturated carbocycles. The van der Waals surface area contributed by atoms with Crippen molar-refractivity contribution in [3.05, 3.63) is 30.3 Å². The van der Waals surface area contributed by atoms with Gasteiger partial charge >= 0.3 is 0 Å². The molecule has 0 atom stereocenters. The second kappa shape index (κ2) is 4.65. The first kappa shape index (κ1) is 11.1. The Morgan fingerprint density at radius 2 is 1.76 bits per heavy atom. The molecule has 2 aromatic rings. The first-order chi connectivity index (χ1) is 8.15. The molecule has 6 nitrogen and oxygen atoms in total. The van der Waals surface area contributed by atoms with Gasteiger partial charge in [0.05, 0.1) is 0 Å². The van der Waals surface area contributed by atoms with Crippen LogP contribution in [0, 0.1) is 0 Å². The fourth-order valence-electron chi connectivity index (χ4n) is 1.29. The molecule has 88 valence electrons. The van der Waals surface area contributed by atoms with Crippen LogP contribution in [0.15, 0.2) is 30.3 Å². The number of aromatic nitrogens is 3. The van der Waals surface area contributed by atoms with Crippen molar-refractivity contribution >= 4 is 23.5 Å². The van der Waals surface area contributed by atoms with Crippen LogP contribution >= 0.6 is 0 Å². The molecule has 0 fully saturated rings. The second-order valence-corrected chi connectivity index (χ2v) is 3.70. The van der Waals surface area contributed by atoms with E-state index in [1.54, 1.807) is 4.90 Å². The molecular formula is C11H14N6. The van der Waals surface area contributed by atoms with E-state index in [0.717, 1.165) is 5.69 Å². The van der Waals surface area contributed by atoms with E-state index in [9.17, 15) is 0 Å². The fraction of sp³-hybridized carbons (Fsp3) is 0.182. The molecule has 17 heavy (non-hydrogen) atoms. The first-order valence-corrected chi connectivity index (χ1v) is 5.16. The molecule has 0 unspecified atom stereocenters. The van der Waals surface area contributed by atoms with Crippen molar-refractivity contribution in [3.8, 4) is 0 Å². The Morgan fingerprint density at radius 3 is 2.41 bits per heavy atom. The maximum atomic E-state index is 5.62. The van der Waals surface area contributed by atoms with Gasteiger partial charge in [0, 0.05) is 19.8 Å². The molecule has 0 aliphatic heterocycles. The van der Waals surface area contributed by atoms with Gasteiger partial charge in [-0.1, -0.05) is 18.2 Å². The third kappa shape index (κ3) is 2.81. The Hall–Kier alpha value is -2.37. The highest BCUT2D eigenvalue weighted by Gasteiger charge is 2.05. The number of nitrogen functional groups attached to an aromatic ring is 1. The molecular weight excluding hydrogens is 216 g/mol. The summed E-state index contributed by atoms with van der Waals surface area (Å²) in [6, 6.07) is 9.66. The SMILES string of the molecule is CN(C)c1nc(N)nc(Nc2ccccc2)n1. The Labute approximate surface area is 99.5 Å². The van der Waals surface area contributed by atoms with Gasteiger partial charge in [-0.3, -0.25) is 0 Å². The largest absolute Gasteiger partial charge is 0.368 e. The minimum Gasteiger partial charge on any atom is -0.368 e. The Balaban J connectivity index is 2.27. The van der Waals surface area contributed by atoms with Gasteiger partial charge in [0.25, 0.3) is 0 Å². The zero-order valence-electron chi connectivity index (χ0n) is 9.75. The van der Waals surface area contributed by atoms with Gasteiger partial charge in [0.2, 0.25) is 17.8 Å². The average molecular weight is 230 g/mol. The monoisotopic (exact) mass is 230 g/mol. The van der Waals surface area contributed by atoms with Crippen LogP contribution in [0.1, 0.15) is 0 Å². The van der Waals surface area contributed by atoms with Crippen LogP contribution in [0.25, 0.3) is 0 Å². The van der Waals surface area contributed by atoms with Gasteiger partial charge in [-0.15, -0.1) is 0 Å². The number of nitrogens with one attached hydrogen (secondary N) is 1. The zero-order valence-corrected chi connectivity index (χ0v) is 9.75. The molecule has 6 heteroatoms. The summed E-state index contributed by atoms with van der Waals surface area (Å²) < 4.78 is 0. The van der Waals surface area contributed by atoms with Crippen LogP contribution in [0.3, 0.4) is 0 Å². The minimum absolute atomic E-state index is 0.196. The lowest BCUT2D eigenvalue weighted by Crippen LogP contribution is -2.15. The number of hydrogen-bond donors (Lipinski definition) is 2. The lowest BCUT2D eigenvalue weighted by molar-refractivity contribution is 0.969. The first-order valence-electron chi connectivity index (χ1n) is 5.16. The fourth-order valence-corrected chi connectivity index (χ4v) is 1.29. The Morgan fingerprint density at radius 1 is 1.06 bits per heavy atom. The zero-order chi connectivity index (χ0) is 12.3. The second-order valence-electron chi connectivity index (χ2n) is 3.70. The van der Waals surface area contributed by atoms with Gasteiger partial charge in [0.15, 0.2) is 0 Å².